The summed E-state index contributed by atoms with van der Waals surface area (Å²) in [7, 11) is 0. The van der Waals surface area contributed by atoms with Crippen LogP contribution in [0.25, 0.3) is 0 Å². The second-order valence-corrected chi connectivity index (χ2v) is 3.25. The minimum absolute atomic E-state index is 0.00379. The third-order valence-corrected chi connectivity index (χ3v) is 1.92. The van der Waals surface area contributed by atoms with Crippen molar-refractivity contribution in [3.63, 3.8) is 0 Å². The Morgan fingerprint density at radius 3 is 2.87 bits per heavy atom. The molecule has 0 aliphatic rings. The van der Waals surface area contributed by atoms with Crippen molar-refractivity contribution in [2.24, 2.45) is 0 Å². The molecule has 0 aliphatic carbocycles. The molecule has 0 spiro atoms. The van der Waals surface area contributed by atoms with Gasteiger partial charge in [0.05, 0.1) is 5.69 Å². The molecule has 0 fully saturated rings. The van der Waals surface area contributed by atoms with Crippen molar-refractivity contribution in [3.8, 4) is 0 Å². The maximum atomic E-state index is 13.2. The second-order valence-electron chi connectivity index (χ2n) is 3.25. The molecule has 0 saturated heterocycles. The lowest BCUT2D eigenvalue weighted by Crippen LogP contribution is -2.12. The van der Waals surface area contributed by atoms with Gasteiger partial charge in [-0.05, 0) is 24.6 Å². The van der Waals surface area contributed by atoms with E-state index in [-0.39, 0.29) is 17.8 Å². The van der Waals surface area contributed by atoms with Gasteiger partial charge in [-0.3, -0.25) is 0 Å². The van der Waals surface area contributed by atoms with Gasteiger partial charge in [-0.1, -0.05) is 12.6 Å². The Bertz CT molecular complexity index is 402. The highest BCUT2D eigenvalue weighted by molar-refractivity contribution is 5.86. The molecule has 1 aromatic carbocycles. The maximum Gasteiger partial charge on any atom is 0.332 e. The van der Waals surface area contributed by atoms with Crippen LogP contribution in [-0.4, -0.2) is 17.6 Å². The Kier molecular flexibility index (Phi) is 3.44. The molecule has 0 amide bonds. The van der Waals surface area contributed by atoms with E-state index in [2.05, 4.69) is 11.9 Å². The monoisotopic (exact) mass is 209 g/mol. The average Bonchev–Trinajstić information content (AvgIpc) is 2.18. The summed E-state index contributed by atoms with van der Waals surface area (Å²) in [5.41, 5.74) is 1.19. The number of halogens is 1. The number of carboxylic acids is 1. The molecule has 0 aliphatic heterocycles. The van der Waals surface area contributed by atoms with E-state index < -0.39 is 11.8 Å². The number of hydrogen-bond acceptors (Lipinski definition) is 2. The first-order valence-corrected chi connectivity index (χ1v) is 4.42. The molecule has 1 rings (SSSR count). The van der Waals surface area contributed by atoms with Crippen LogP contribution < -0.4 is 5.32 Å². The van der Waals surface area contributed by atoms with Gasteiger partial charge in [0.25, 0.3) is 0 Å². The van der Waals surface area contributed by atoms with E-state index in [4.69, 9.17) is 5.11 Å². The summed E-state index contributed by atoms with van der Waals surface area (Å²) < 4.78 is 13.2. The van der Waals surface area contributed by atoms with Crippen LogP contribution in [0.1, 0.15) is 5.56 Å². The summed E-state index contributed by atoms with van der Waals surface area (Å²) >= 11 is 0. The van der Waals surface area contributed by atoms with Crippen LogP contribution in [0.4, 0.5) is 10.1 Å². The van der Waals surface area contributed by atoms with Gasteiger partial charge in [0.15, 0.2) is 0 Å². The molecule has 0 saturated carbocycles. The zero-order chi connectivity index (χ0) is 11.4. The predicted molar refractivity (Wildman–Crippen MR) is 56.4 cm³/mol. The van der Waals surface area contributed by atoms with Crippen LogP contribution in [0.15, 0.2) is 30.4 Å². The number of nitrogens with one attached hydrogen (secondary N) is 1. The molecule has 0 bridgehead atoms. The number of aliphatic carboxylic acids is 1. The van der Waals surface area contributed by atoms with Crippen molar-refractivity contribution in [1.29, 1.82) is 0 Å². The molecule has 80 valence electrons. The molecule has 1 aromatic rings. The van der Waals surface area contributed by atoms with Gasteiger partial charge >= 0.3 is 5.97 Å². The summed E-state index contributed by atoms with van der Waals surface area (Å²) in [6.07, 6.45) is 0. The standard InChI is InChI=1S/C11H12FNO2/c1-7-3-4-9(12)10(5-7)13-6-8(2)11(14)15/h3-5,13H,2,6H2,1H3,(H,14,15). The van der Waals surface area contributed by atoms with Crippen molar-refractivity contribution in [3.05, 3.63) is 41.7 Å². The van der Waals surface area contributed by atoms with Crippen molar-refractivity contribution in [2.45, 2.75) is 6.92 Å². The van der Waals surface area contributed by atoms with Crippen molar-refractivity contribution in [1.82, 2.24) is 0 Å². The average molecular weight is 209 g/mol. The molecule has 15 heavy (non-hydrogen) atoms. The molecule has 0 atom stereocenters. The summed E-state index contributed by atoms with van der Waals surface area (Å²) in [5, 5.41) is 11.2. The second kappa shape index (κ2) is 4.59. The number of aryl methyl sites for hydroxylation is 1. The Labute approximate surface area is 87.2 Å². The lowest BCUT2D eigenvalue weighted by Gasteiger charge is -2.07. The SMILES string of the molecule is C=C(CNc1cc(C)ccc1F)C(=O)O. The predicted octanol–water partition coefficient (Wildman–Crippen LogP) is 2.19. The molecular formula is C11H12FNO2. The maximum absolute atomic E-state index is 13.2. The van der Waals surface area contributed by atoms with Gasteiger partial charge in [0.1, 0.15) is 5.82 Å². The fourth-order valence-corrected chi connectivity index (χ4v) is 1.05. The van der Waals surface area contributed by atoms with Crippen LogP contribution in [0.3, 0.4) is 0 Å². The van der Waals surface area contributed by atoms with Crippen LogP contribution >= 0.6 is 0 Å². The Morgan fingerprint density at radius 2 is 2.27 bits per heavy atom. The number of carboxylic acid groups (broad SMARTS) is 1. The Hall–Kier alpha value is -1.84. The van der Waals surface area contributed by atoms with E-state index >= 15 is 0 Å². The summed E-state index contributed by atoms with van der Waals surface area (Å²) in [6, 6.07) is 4.60. The van der Waals surface area contributed by atoms with Gasteiger partial charge in [0, 0.05) is 12.1 Å². The summed E-state index contributed by atoms with van der Waals surface area (Å²) in [4.78, 5) is 10.4. The van der Waals surface area contributed by atoms with Gasteiger partial charge in [-0.25, -0.2) is 9.18 Å². The quantitative estimate of drug-likeness (QED) is 0.747. The molecule has 3 nitrogen and oxygen atoms in total. The fraction of sp³-hybridized carbons (Fsp3) is 0.182. The number of carbonyl (C=O) groups is 1. The third-order valence-electron chi connectivity index (χ3n) is 1.92. The van der Waals surface area contributed by atoms with E-state index in [0.29, 0.717) is 0 Å². The van der Waals surface area contributed by atoms with Crippen LogP contribution in [0.2, 0.25) is 0 Å². The highest BCUT2D eigenvalue weighted by Gasteiger charge is 2.05. The van der Waals surface area contributed by atoms with Crippen LogP contribution in [0.5, 0.6) is 0 Å². The largest absolute Gasteiger partial charge is 0.478 e. The minimum Gasteiger partial charge on any atom is -0.478 e. The lowest BCUT2D eigenvalue weighted by atomic mass is 10.2. The molecule has 0 aromatic heterocycles. The zero-order valence-electron chi connectivity index (χ0n) is 8.38. The lowest BCUT2D eigenvalue weighted by molar-refractivity contribution is -0.132. The highest BCUT2D eigenvalue weighted by Crippen LogP contribution is 2.15. The van der Waals surface area contributed by atoms with Gasteiger partial charge in [-0.2, -0.15) is 0 Å². The number of hydrogen-bond donors (Lipinski definition) is 2. The fourth-order valence-electron chi connectivity index (χ4n) is 1.05. The molecular weight excluding hydrogens is 197 g/mol. The van der Waals surface area contributed by atoms with E-state index in [9.17, 15) is 9.18 Å². The first-order chi connectivity index (χ1) is 7.00. The molecule has 0 heterocycles. The molecule has 4 heteroatoms. The van der Waals surface area contributed by atoms with E-state index in [1.54, 1.807) is 12.1 Å². The third kappa shape index (κ3) is 3.09. The normalized spacial score (nSPS) is 9.73. The van der Waals surface area contributed by atoms with Crippen LogP contribution in [0, 0.1) is 12.7 Å². The number of benzene rings is 1. The highest BCUT2D eigenvalue weighted by atomic mass is 19.1. The smallest absolute Gasteiger partial charge is 0.332 e. The van der Waals surface area contributed by atoms with E-state index in [1.807, 2.05) is 6.92 Å². The van der Waals surface area contributed by atoms with Gasteiger partial charge < -0.3 is 10.4 Å². The first-order valence-electron chi connectivity index (χ1n) is 4.42. The van der Waals surface area contributed by atoms with E-state index in [1.165, 1.54) is 6.07 Å². The molecule has 0 unspecified atom stereocenters. The first kappa shape index (κ1) is 11.2. The molecule has 2 N–H and O–H groups in total. The van der Waals surface area contributed by atoms with Gasteiger partial charge in [-0.15, -0.1) is 0 Å². The zero-order valence-corrected chi connectivity index (χ0v) is 8.38. The Balaban J connectivity index is 2.69. The number of rotatable bonds is 4. The van der Waals surface area contributed by atoms with Crippen molar-refractivity contribution < 1.29 is 14.3 Å². The van der Waals surface area contributed by atoms with E-state index in [0.717, 1.165) is 5.56 Å². The van der Waals surface area contributed by atoms with Gasteiger partial charge in [0.2, 0.25) is 0 Å². The summed E-state index contributed by atoms with van der Waals surface area (Å²) in [5.74, 6) is -1.49. The van der Waals surface area contributed by atoms with Crippen molar-refractivity contribution in [2.75, 3.05) is 11.9 Å². The topological polar surface area (TPSA) is 49.3 Å². The molecule has 0 radical (unpaired) electrons. The Morgan fingerprint density at radius 1 is 1.60 bits per heavy atom. The summed E-state index contributed by atoms with van der Waals surface area (Å²) in [6.45, 7) is 5.19. The van der Waals surface area contributed by atoms with Crippen LogP contribution in [-0.2, 0) is 4.79 Å². The minimum atomic E-state index is -1.09. The number of anilines is 1. The van der Waals surface area contributed by atoms with Crippen molar-refractivity contribution >= 4 is 11.7 Å².